The van der Waals surface area contributed by atoms with Crippen molar-refractivity contribution in [2.75, 3.05) is 6.26 Å². The average Bonchev–Trinajstić information content (AvgIpc) is 0.965. The van der Waals surface area contributed by atoms with Crippen LogP contribution in [-0.4, -0.2) is 144 Å². The van der Waals surface area contributed by atoms with Crippen LogP contribution >= 0.6 is 23.2 Å². The molecule has 0 aliphatic heterocycles. The van der Waals surface area contributed by atoms with Crippen molar-refractivity contribution in [3.05, 3.63) is 355 Å². The van der Waals surface area contributed by atoms with Crippen LogP contribution in [0.15, 0.2) is 327 Å². The van der Waals surface area contributed by atoms with Crippen molar-refractivity contribution in [2.45, 2.75) is 32.6 Å². The molecule has 0 unspecified atom stereocenters. The zero-order valence-electron chi connectivity index (χ0n) is 71.8. The van der Waals surface area contributed by atoms with E-state index in [1.807, 2.05) is 189 Å². The highest BCUT2D eigenvalue weighted by molar-refractivity contribution is 7.90. The normalized spacial score (nSPS) is 9.52. The summed E-state index contributed by atoms with van der Waals surface area (Å²) in [6, 6.07) is 92.4. The highest BCUT2D eigenvalue weighted by Gasteiger charge is 2.12. The van der Waals surface area contributed by atoms with Gasteiger partial charge < -0.3 is 28.4 Å². The highest BCUT2D eigenvalue weighted by Crippen LogP contribution is 2.33. The number of sulfone groups is 1. The number of halogens is 2. The number of carbonyl (C=O) groups excluding carboxylic acids is 12. The van der Waals surface area contributed by atoms with Crippen LogP contribution in [-0.2, 0) is 67.4 Å². The lowest BCUT2D eigenvalue weighted by molar-refractivity contribution is -0.193. The second-order valence-corrected chi connectivity index (χ2v) is 29.3. The highest BCUT2D eigenvalue weighted by atomic mass is 35.5. The number of hydrogen-bond donors (Lipinski definition) is 6. The zero-order chi connectivity index (χ0) is 98.1. The third-order valence-electron chi connectivity index (χ3n) is 17.3. The van der Waals surface area contributed by atoms with Gasteiger partial charge in [0.25, 0.3) is 35.3 Å². The molecule has 18 rings (SSSR count). The van der Waals surface area contributed by atoms with Gasteiger partial charge in [-0.2, -0.15) is 119 Å². The van der Waals surface area contributed by atoms with Crippen molar-refractivity contribution in [1.29, 1.82) is 0 Å². The number of aromatic nitrogens is 18. The van der Waals surface area contributed by atoms with Gasteiger partial charge in [0.1, 0.15) is 71.7 Å². The lowest BCUT2D eigenvalue weighted by atomic mass is 10.0. The van der Waals surface area contributed by atoms with Gasteiger partial charge in [-0.15, -0.1) is 30.6 Å². The molecule has 684 valence electrons. The van der Waals surface area contributed by atoms with Crippen LogP contribution in [0.3, 0.4) is 0 Å². The van der Waals surface area contributed by atoms with E-state index in [-0.39, 0.29) is 36.9 Å². The molecule has 0 spiro atoms. The standard InChI is InChI=1S/C15H12ClN3O.C15H13N3O3S.3C15H13N3O.C14H10ClN3O.6CO2/c1-10-2-3-12(8-14(10)16)11-4-6-13(7-5-11)20-15-9-17-19-18-15;1-22(19,20)14-8-4-12(5-9-14)11-2-6-13(7-3-11)21-15-10-16-18-17-15;3*1-11-2-4-12(5-3-11)13-6-8-14(9-7-13)19-15-10-16-18-17-15;15-12-3-1-2-11(8-12)10-4-6-13(7-5-10)19-14-9-16-18-17-14;6*2-1-3/h2-9H,1H3,(H,17,18,19);2-10H,1H3,(H,16,17,18);3*2-10H,1H3,(H,16,17,18);1-9H,(H,16,17,18);;;;;;. The molecular formula is C95H74Cl2N18O20S. The van der Waals surface area contributed by atoms with E-state index in [0.717, 1.165) is 82.9 Å². The molecule has 6 N–H and O–H groups in total. The van der Waals surface area contributed by atoms with E-state index in [1.54, 1.807) is 24.3 Å². The summed E-state index contributed by atoms with van der Waals surface area (Å²) in [6.45, 7) is 8.23. The molecule has 0 atom stereocenters. The first-order valence-corrected chi connectivity index (χ1v) is 41.4. The molecule has 12 aromatic carbocycles. The predicted molar refractivity (Wildman–Crippen MR) is 482 cm³/mol. The van der Waals surface area contributed by atoms with Crippen LogP contribution in [0, 0.1) is 27.7 Å². The summed E-state index contributed by atoms with van der Waals surface area (Å²) >= 11 is 12.1. The van der Waals surface area contributed by atoms with Crippen LogP contribution in [0.1, 0.15) is 22.3 Å². The van der Waals surface area contributed by atoms with Crippen molar-refractivity contribution in [2.24, 2.45) is 0 Å². The number of aromatic amines is 6. The molecule has 0 amide bonds. The maximum Gasteiger partial charge on any atom is 0.373 e. The number of ether oxygens (including phenoxy) is 6. The number of H-pyrrole nitrogens is 6. The average molecular weight is 1890 g/mol. The van der Waals surface area contributed by atoms with Gasteiger partial charge in [-0.25, -0.2) is 8.42 Å². The van der Waals surface area contributed by atoms with E-state index in [4.69, 9.17) is 109 Å². The minimum absolute atomic E-state index is 0.250. The Morgan fingerprint density at radius 1 is 0.243 bits per heavy atom. The van der Waals surface area contributed by atoms with Crippen molar-refractivity contribution >= 4 is 69.9 Å². The monoisotopic (exact) mass is 1890 g/mol. The predicted octanol–water partition coefficient (Wildman–Crippen LogP) is 18.0. The fraction of sp³-hybridized carbons (Fsp3) is 0.0526. The summed E-state index contributed by atoms with van der Waals surface area (Å²) in [7, 11) is -3.17. The molecule has 41 heteroatoms. The van der Waals surface area contributed by atoms with E-state index in [9.17, 15) is 8.42 Å². The number of hydrogen-bond acceptors (Lipinski definition) is 32. The van der Waals surface area contributed by atoms with Crippen molar-refractivity contribution in [3.63, 3.8) is 0 Å². The molecule has 0 aliphatic carbocycles. The summed E-state index contributed by atoms with van der Waals surface area (Å²) in [6.07, 6.45) is 11.8. The maximum atomic E-state index is 11.4. The minimum Gasteiger partial charge on any atom is -0.436 e. The Bertz CT molecular complexity index is 6460. The number of nitrogens with zero attached hydrogens (tertiary/aromatic N) is 12. The lowest BCUT2D eigenvalue weighted by Crippen LogP contribution is -1.96. The van der Waals surface area contributed by atoms with Gasteiger partial charge in [0.15, 0.2) is 9.84 Å². The summed E-state index contributed by atoms with van der Waals surface area (Å²) in [5, 5.41) is 61.6. The minimum atomic E-state index is -3.17. The Labute approximate surface area is 782 Å². The molecule has 0 saturated carbocycles. The van der Waals surface area contributed by atoms with E-state index in [1.165, 1.54) is 76.8 Å². The molecule has 38 nitrogen and oxygen atoms in total. The van der Waals surface area contributed by atoms with Gasteiger partial charge in [-0.05, 0) is 203 Å². The number of rotatable bonds is 19. The number of nitrogens with one attached hydrogen (secondary N) is 6. The van der Waals surface area contributed by atoms with E-state index < -0.39 is 9.84 Å². The summed E-state index contributed by atoms with van der Waals surface area (Å²) in [4.78, 5) is 97.8. The van der Waals surface area contributed by atoms with Gasteiger partial charge in [0.2, 0.25) is 0 Å². The maximum absolute atomic E-state index is 11.4. The Balaban J connectivity index is 0.000000214. The van der Waals surface area contributed by atoms with Gasteiger partial charge in [-0.3, -0.25) is 0 Å². The molecule has 0 radical (unpaired) electrons. The molecule has 6 aromatic heterocycles. The molecular weight excluding hydrogens is 1820 g/mol. The molecule has 0 fully saturated rings. The Hall–Kier alpha value is -18.9. The SMILES string of the molecule is CS(=O)(=O)c1ccc(-c2ccc(Oc3cn[nH]n3)cc2)cc1.Cc1ccc(-c2ccc(Oc3cn[nH]n3)cc2)cc1.Cc1ccc(-c2ccc(Oc3cn[nH]n3)cc2)cc1.Cc1ccc(-c2ccc(Oc3cn[nH]n3)cc2)cc1.Cc1ccc(-c2ccc(Oc3cn[nH]n3)cc2)cc1Cl.Clc1cccc(-c2ccc(Oc3cn[nH]n3)cc2)c1.O=C=O.O=C=O.O=C=O.O=C=O.O=C=O.O=C=O. The third kappa shape index (κ3) is 37.4. The molecule has 18 aromatic rings. The van der Waals surface area contributed by atoms with Crippen LogP contribution in [0.5, 0.6) is 69.8 Å². The largest absolute Gasteiger partial charge is 0.436 e. The quantitative estimate of drug-likeness (QED) is 0.0438. The summed E-state index contributed by atoms with van der Waals surface area (Å²) in [5.74, 6) is 6.94. The van der Waals surface area contributed by atoms with Gasteiger partial charge >= 0.3 is 36.9 Å². The zero-order valence-corrected chi connectivity index (χ0v) is 74.1. The van der Waals surface area contributed by atoms with Crippen molar-refractivity contribution < 1.29 is 94.4 Å². The van der Waals surface area contributed by atoms with Gasteiger partial charge in [0.05, 0.1) is 4.90 Å². The Morgan fingerprint density at radius 3 is 0.610 bits per heavy atom. The fourth-order valence-electron chi connectivity index (χ4n) is 11.0. The first kappa shape index (κ1) is 104. The van der Waals surface area contributed by atoms with Crippen LogP contribution < -0.4 is 28.4 Å². The molecule has 0 aliphatic rings. The Morgan fingerprint density at radius 2 is 0.426 bits per heavy atom. The molecule has 0 saturated heterocycles. The fourth-order valence-corrected chi connectivity index (χ4v) is 12.0. The van der Waals surface area contributed by atoms with Gasteiger partial charge in [0, 0.05) is 16.3 Å². The number of aryl methyl sites for hydroxylation is 4. The molecule has 0 bridgehead atoms. The summed E-state index contributed by atoms with van der Waals surface area (Å²) in [5.41, 5.74) is 18.1. The van der Waals surface area contributed by atoms with Crippen LogP contribution in [0.4, 0.5) is 0 Å². The molecule has 136 heavy (non-hydrogen) atoms. The van der Waals surface area contributed by atoms with Gasteiger partial charge in [-0.1, -0.05) is 222 Å². The topological polar surface area (TPSA) is 544 Å². The lowest BCUT2D eigenvalue weighted by Gasteiger charge is -2.06. The van der Waals surface area contributed by atoms with Crippen molar-refractivity contribution in [1.82, 2.24) is 92.5 Å². The first-order valence-electron chi connectivity index (χ1n) is 38.8. The number of benzene rings is 12. The van der Waals surface area contributed by atoms with Crippen LogP contribution in [0.2, 0.25) is 10.0 Å². The second-order valence-electron chi connectivity index (χ2n) is 26.5. The third-order valence-corrected chi connectivity index (χ3v) is 19.0. The first-order chi connectivity index (χ1) is 66.0. The van der Waals surface area contributed by atoms with Crippen molar-refractivity contribution in [3.8, 4) is 137 Å². The second kappa shape index (κ2) is 57.8. The summed E-state index contributed by atoms with van der Waals surface area (Å²) < 4.78 is 56.0. The van der Waals surface area contributed by atoms with E-state index in [0.29, 0.717) is 57.4 Å². The molecule has 6 heterocycles. The smallest absolute Gasteiger partial charge is 0.373 e. The van der Waals surface area contributed by atoms with Crippen LogP contribution in [0.25, 0.3) is 66.8 Å². The van der Waals surface area contributed by atoms with E-state index in [2.05, 4.69) is 192 Å². The van der Waals surface area contributed by atoms with E-state index >= 15 is 0 Å². The Kier molecular flexibility index (Phi) is 44.3.